The summed E-state index contributed by atoms with van der Waals surface area (Å²) in [6.07, 6.45) is 1.45. The van der Waals surface area contributed by atoms with Gasteiger partial charge in [0.15, 0.2) is 0 Å². The Balaban J connectivity index is 2.57. The zero-order chi connectivity index (χ0) is 13.4. The molecule has 0 aliphatic rings. The second kappa shape index (κ2) is 7.59. The van der Waals surface area contributed by atoms with Crippen molar-refractivity contribution in [3.05, 3.63) is 24.3 Å². The standard InChI is InChI=1S/C10H15NO5S2/c1-2-3-8-18(13,14)11-9-4-6-10(7-5-9)17-16-15-12/h4-7,11-12H,2-3,8H2,1H3/p-1. The van der Waals surface area contributed by atoms with Gasteiger partial charge in [0.25, 0.3) is 0 Å². The molecule has 102 valence electrons. The monoisotopic (exact) mass is 292 g/mol. The van der Waals surface area contributed by atoms with Crippen LogP contribution < -0.4 is 9.98 Å². The van der Waals surface area contributed by atoms with E-state index in [1.165, 1.54) is 0 Å². The summed E-state index contributed by atoms with van der Waals surface area (Å²) in [6, 6.07) is 6.39. The molecular formula is C10H14NO5S2-. The molecule has 0 spiro atoms. The van der Waals surface area contributed by atoms with Gasteiger partial charge in [-0.2, -0.15) is 4.33 Å². The molecule has 8 heteroatoms. The highest BCUT2D eigenvalue weighted by atomic mass is 32.2. The highest BCUT2D eigenvalue weighted by molar-refractivity contribution is 7.94. The molecule has 0 amide bonds. The smallest absolute Gasteiger partial charge is 0.232 e. The molecule has 0 atom stereocenters. The summed E-state index contributed by atoms with van der Waals surface area (Å²) in [6.45, 7) is 1.93. The van der Waals surface area contributed by atoms with Gasteiger partial charge in [0.2, 0.25) is 10.0 Å². The van der Waals surface area contributed by atoms with Crippen LogP contribution in [0.2, 0.25) is 0 Å². The molecule has 0 fully saturated rings. The third-order valence-electron chi connectivity index (χ3n) is 2.05. The van der Waals surface area contributed by atoms with E-state index in [0.717, 1.165) is 18.5 Å². The van der Waals surface area contributed by atoms with E-state index in [2.05, 4.69) is 14.1 Å². The topological polar surface area (TPSA) is 87.7 Å². The number of anilines is 1. The molecule has 1 rings (SSSR count). The summed E-state index contributed by atoms with van der Waals surface area (Å²) in [5, 5.41) is 12.8. The zero-order valence-corrected chi connectivity index (χ0v) is 11.4. The van der Waals surface area contributed by atoms with Gasteiger partial charge in [0.05, 0.1) is 17.8 Å². The second-order valence-electron chi connectivity index (χ2n) is 3.52. The Kier molecular flexibility index (Phi) is 6.44. The molecule has 0 bridgehead atoms. The molecule has 1 N–H and O–H groups in total. The van der Waals surface area contributed by atoms with Crippen molar-refractivity contribution in [3.8, 4) is 0 Å². The third kappa shape index (κ3) is 5.69. The van der Waals surface area contributed by atoms with E-state index in [1.54, 1.807) is 24.3 Å². The highest BCUT2D eigenvalue weighted by Gasteiger charge is 2.09. The van der Waals surface area contributed by atoms with E-state index in [4.69, 9.17) is 0 Å². The average molecular weight is 292 g/mol. The lowest BCUT2D eigenvalue weighted by Crippen LogP contribution is -2.16. The largest absolute Gasteiger partial charge is 0.691 e. The van der Waals surface area contributed by atoms with Crippen molar-refractivity contribution in [1.29, 1.82) is 0 Å². The molecule has 1 aromatic carbocycles. The minimum Gasteiger partial charge on any atom is -0.691 e. The van der Waals surface area contributed by atoms with E-state index in [-0.39, 0.29) is 5.75 Å². The molecule has 0 aromatic heterocycles. The average Bonchev–Trinajstić information content (AvgIpc) is 2.35. The van der Waals surface area contributed by atoms with Gasteiger partial charge in [0.1, 0.15) is 0 Å². The van der Waals surface area contributed by atoms with Crippen molar-refractivity contribution in [1.82, 2.24) is 0 Å². The minimum atomic E-state index is -3.29. The minimum absolute atomic E-state index is 0.104. The van der Waals surface area contributed by atoms with Gasteiger partial charge in [-0.15, -0.1) is 0 Å². The van der Waals surface area contributed by atoms with Gasteiger partial charge in [0, 0.05) is 10.6 Å². The maximum atomic E-state index is 11.6. The molecule has 0 heterocycles. The number of sulfonamides is 1. The SMILES string of the molecule is CCCCS(=O)(=O)Nc1ccc(SOO[O-])cc1. The molecule has 6 nitrogen and oxygen atoms in total. The summed E-state index contributed by atoms with van der Waals surface area (Å²) in [5.41, 5.74) is 0.471. The number of unbranched alkanes of at least 4 members (excludes halogenated alkanes) is 1. The maximum Gasteiger partial charge on any atom is 0.232 e. The van der Waals surface area contributed by atoms with Crippen molar-refractivity contribution in [3.63, 3.8) is 0 Å². The van der Waals surface area contributed by atoms with E-state index in [9.17, 15) is 13.7 Å². The van der Waals surface area contributed by atoms with Crippen LogP contribution in [0.25, 0.3) is 0 Å². The number of hydrogen-bond acceptors (Lipinski definition) is 6. The maximum absolute atomic E-state index is 11.6. The molecule has 18 heavy (non-hydrogen) atoms. The predicted octanol–water partition coefficient (Wildman–Crippen LogP) is 1.46. The van der Waals surface area contributed by atoms with Crippen molar-refractivity contribution < 1.29 is 23.0 Å². The summed E-state index contributed by atoms with van der Waals surface area (Å²) in [5.74, 6) is 0.104. The Hall–Kier alpha value is -0.800. The second-order valence-corrected chi connectivity index (χ2v) is 6.13. The van der Waals surface area contributed by atoms with Crippen LogP contribution in [-0.4, -0.2) is 14.2 Å². The highest BCUT2D eigenvalue weighted by Crippen LogP contribution is 2.21. The first-order valence-electron chi connectivity index (χ1n) is 5.31. The van der Waals surface area contributed by atoms with Crippen molar-refractivity contribution >= 4 is 27.8 Å². The van der Waals surface area contributed by atoms with E-state index in [1.807, 2.05) is 6.92 Å². The van der Waals surface area contributed by atoms with Gasteiger partial charge in [-0.25, -0.2) is 8.42 Å². The van der Waals surface area contributed by atoms with Crippen LogP contribution in [0.1, 0.15) is 19.8 Å². The van der Waals surface area contributed by atoms with Crippen LogP contribution in [0.4, 0.5) is 5.69 Å². The van der Waals surface area contributed by atoms with Gasteiger partial charge >= 0.3 is 0 Å². The third-order valence-corrected chi connectivity index (χ3v) is 4.01. The Labute approximate surface area is 110 Å². The van der Waals surface area contributed by atoms with Gasteiger partial charge in [-0.3, -0.25) is 9.76 Å². The van der Waals surface area contributed by atoms with Gasteiger partial charge < -0.3 is 5.26 Å². The molecule has 0 unspecified atom stereocenters. The molecular weight excluding hydrogens is 278 g/mol. The van der Waals surface area contributed by atoms with Crippen LogP contribution in [0.15, 0.2) is 29.2 Å². The fourth-order valence-corrected chi connectivity index (χ4v) is 2.82. The van der Waals surface area contributed by atoms with E-state index in [0.29, 0.717) is 17.0 Å². The Bertz CT molecular complexity index is 446. The first-order valence-corrected chi connectivity index (χ1v) is 7.70. The Morgan fingerprint density at radius 1 is 1.33 bits per heavy atom. The summed E-state index contributed by atoms with van der Waals surface area (Å²) >= 11 is 0.749. The van der Waals surface area contributed by atoms with Crippen LogP contribution in [0.3, 0.4) is 0 Å². The number of rotatable bonds is 8. The van der Waals surface area contributed by atoms with Gasteiger partial charge in [-0.05, 0) is 30.7 Å². The Morgan fingerprint density at radius 3 is 2.56 bits per heavy atom. The van der Waals surface area contributed by atoms with Crippen molar-refractivity contribution in [2.24, 2.45) is 0 Å². The number of nitrogens with one attached hydrogen (secondary N) is 1. The lowest BCUT2D eigenvalue weighted by atomic mass is 10.3. The molecule has 0 aliphatic heterocycles. The van der Waals surface area contributed by atoms with Crippen LogP contribution in [0, 0.1) is 0 Å². The van der Waals surface area contributed by atoms with Gasteiger partial charge in [-0.1, -0.05) is 13.3 Å². The molecule has 0 radical (unpaired) electrons. The number of hydrogen-bond donors (Lipinski definition) is 1. The quantitative estimate of drug-likeness (QED) is 0.443. The lowest BCUT2D eigenvalue weighted by molar-refractivity contribution is -0.777. The molecule has 1 aromatic rings. The summed E-state index contributed by atoms with van der Waals surface area (Å²) < 4.78 is 29.8. The van der Waals surface area contributed by atoms with E-state index < -0.39 is 10.0 Å². The molecule has 0 saturated heterocycles. The normalized spacial score (nSPS) is 11.4. The van der Waals surface area contributed by atoms with Crippen LogP contribution in [0.5, 0.6) is 0 Å². The van der Waals surface area contributed by atoms with Crippen LogP contribution >= 0.6 is 12.0 Å². The lowest BCUT2D eigenvalue weighted by Gasteiger charge is -2.08. The van der Waals surface area contributed by atoms with Crippen molar-refractivity contribution in [2.45, 2.75) is 24.7 Å². The van der Waals surface area contributed by atoms with Crippen molar-refractivity contribution in [2.75, 3.05) is 10.5 Å². The fourth-order valence-electron chi connectivity index (χ4n) is 1.20. The zero-order valence-electron chi connectivity index (χ0n) is 9.79. The first-order chi connectivity index (χ1) is 8.57. The predicted molar refractivity (Wildman–Crippen MR) is 66.8 cm³/mol. The molecule has 0 aliphatic carbocycles. The fraction of sp³-hybridized carbons (Fsp3) is 0.400. The number of benzene rings is 1. The first kappa shape index (κ1) is 15.3. The summed E-state index contributed by atoms with van der Waals surface area (Å²) in [4.78, 5) is 0.627. The van der Waals surface area contributed by atoms with Crippen LogP contribution in [-0.2, 0) is 19.4 Å². The Morgan fingerprint density at radius 2 is 2.00 bits per heavy atom. The van der Waals surface area contributed by atoms with E-state index >= 15 is 0 Å². The summed E-state index contributed by atoms with van der Waals surface area (Å²) in [7, 11) is -3.29. The molecule has 0 saturated carbocycles.